The van der Waals surface area contributed by atoms with E-state index >= 15 is 0 Å². The summed E-state index contributed by atoms with van der Waals surface area (Å²) >= 11 is 9.38. The molecule has 0 saturated carbocycles. The average Bonchev–Trinajstić information content (AvgIpc) is 2.77. The summed E-state index contributed by atoms with van der Waals surface area (Å²) in [6, 6.07) is 3.17. The molecule has 2 aromatic rings. The molecule has 0 fully saturated rings. The summed E-state index contributed by atoms with van der Waals surface area (Å²) in [6.45, 7) is 5.92. The molecule has 0 aliphatic heterocycles. The maximum absolute atomic E-state index is 13.8. The number of hydrogen-bond acceptors (Lipinski definition) is 2. The van der Waals surface area contributed by atoms with Crippen LogP contribution in [0.25, 0.3) is 11.0 Å². The number of hydrogen-bond donors (Lipinski definition) is 0. The molecular formula is C15H19BrClFN2O. The van der Waals surface area contributed by atoms with Gasteiger partial charge in [-0.25, -0.2) is 9.37 Å². The summed E-state index contributed by atoms with van der Waals surface area (Å²) in [7, 11) is 0. The zero-order valence-electron chi connectivity index (χ0n) is 12.2. The molecule has 3 nitrogen and oxygen atoms in total. The van der Waals surface area contributed by atoms with Gasteiger partial charge in [-0.2, -0.15) is 0 Å². The molecule has 0 amide bonds. The Morgan fingerprint density at radius 1 is 1.43 bits per heavy atom. The zero-order chi connectivity index (χ0) is 15.4. The van der Waals surface area contributed by atoms with E-state index in [4.69, 9.17) is 16.3 Å². The molecule has 0 N–H and O–H groups in total. The van der Waals surface area contributed by atoms with Gasteiger partial charge in [-0.3, -0.25) is 0 Å². The van der Waals surface area contributed by atoms with Crippen molar-refractivity contribution in [1.82, 2.24) is 9.55 Å². The first kappa shape index (κ1) is 16.7. The Hall–Kier alpha value is -0.650. The van der Waals surface area contributed by atoms with Crippen LogP contribution in [0.2, 0.25) is 0 Å². The van der Waals surface area contributed by atoms with Crippen LogP contribution in [-0.4, -0.2) is 22.8 Å². The van der Waals surface area contributed by atoms with Crippen LogP contribution in [0.15, 0.2) is 16.6 Å². The van der Waals surface area contributed by atoms with E-state index in [1.807, 2.05) is 11.5 Å². The van der Waals surface area contributed by atoms with Crippen molar-refractivity contribution in [2.24, 2.45) is 0 Å². The number of unbranched alkanes of at least 4 members (excludes halogenated alkanes) is 1. The fourth-order valence-electron chi connectivity index (χ4n) is 2.18. The number of ether oxygens (including phenoxy) is 1. The van der Waals surface area contributed by atoms with Gasteiger partial charge in [-0.1, -0.05) is 13.3 Å². The van der Waals surface area contributed by atoms with Gasteiger partial charge in [0.05, 0.1) is 27.5 Å². The van der Waals surface area contributed by atoms with E-state index < -0.39 is 0 Å². The minimum absolute atomic E-state index is 0.241. The highest BCUT2D eigenvalue weighted by molar-refractivity contribution is 9.10. The van der Waals surface area contributed by atoms with Crippen molar-refractivity contribution in [2.75, 3.05) is 13.2 Å². The highest BCUT2D eigenvalue weighted by Gasteiger charge is 2.16. The molecule has 1 heterocycles. The molecule has 2 rings (SSSR count). The van der Waals surface area contributed by atoms with E-state index in [0.717, 1.165) is 36.3 Å². The van der Waals surface area contributed by atoms with Crippen molar-refractivity contribution in [3.8, 4) is 0 Å². The van der Waals surface area contributed by atoms with Crippen molar-refractivity contribution >= 4 is 38.6 Å². The Morgan fingerprint density at radius 3 is 2.86 bits per heavy atom. The minimum Gasteiger partial charge on any atom is -0.380 e. The third-order valence-corrected chi connectivity index (χ3v) is 4.08. The molecule has 0 radical (unpaired) electrons. The first-order valence-electron chi connectivity index (χ1n) is 7.11. The van der Waals surface area contributed by atoms with E-state index in [0.29, 0.717) is 17.6 Å². The van der Waals surface area contributed by atoms with Crippen molar-refractivity contribution in [3.63, 3.8) is 0 Å². The number of halogens is 3. The van der Waals surface area contributed by atoms with E-state index in [9.17, 15) is 4.39 Å². The standard InChI is InChI=1S/C15H19BrClFN2O/c1-3-4-6-21-7-5-20-14-9-12(18)11(16)8-13(14)19-15(20)10(2)17/h8-10H,3-7H2,1-2H3. The number of imidazole rings is 1. The van der Waals surface area contributed by atoms with Gasteiger partial charge in [-0.15, -0.1) is 11.6 Å². The second-order valence-corrected chi connectivity index (χ2v) is 6.47. The van der Waals surface area contributed by atoms with Gasteiger partial charge in [-0.05, 0) is 35.3 Å². The van der Waals surface area contributed by atoms with E-state index in [1.54, 1.807) is 6.07 Å². The SMILES string of the molecule is CCCCOCCn1c(C(C)Cl)nc2cc(Br)c(F)cc21. The summed E-state index contributed by atoms with van der Waals surface area (Å²) in [5.41, 5.74) is 1.48. The Balaban J connectivity index is 2.26. The molecule has 0 aliphatic carbocycles. The van der Waals surface area contributed by atoms with Crippen LogP contribution in [0.1, 0.15) is 37.9 Å². The molecule has 0 bridgehead atoms. The molecule has 21 heavy (non-hydrogen) atoms. The van der Waals surface area contributed by atoms with Crippen LogP contribution in [-0.2, 0) is 11.3 Å². The first-order chi connectivity index (χ1) is 10.0. The number of fused-ring (bicyclic) bond motifs is 1. The normalized spacial score (nSPS) is 13.0. The lowest BCUT2D eigenvalue weighted by Gasteiger charge is -2.11. The number of aromatic nitrogens is 2. The van der Waals surface area contributed by atoms with Gasteiger partial charge in [0.2, 0.25) is 0 Å². The van der Waals surface area contributed by atoms with Crippen molar-refractivity contribution in [2.45, 2.75) is 38.6 Å². The predicted octanol–water partition coefficient (Wildman–Crippen LogP) is 5.05. The highest BCUT2D eigenvalue weighted by atomic mass is 79.9. The van der Waals surface area contributed by atoms with Crippen LogP contribution in [0.5, 0.6) is 0 Å². The zero-order valence-corrected chi connectivity index (χ0v) is 14.5. The molecule has 116 valence electrons. The Kier molecular flexibility index (Phi) is 6.02. The summed E-state index contributed by atoms with van der Waals surface area (Å²) < 4.78 is 21.7. The lowest BCUT2D eigenvalue weighted by molar-refractivity contribution is 0.123. The Bertz CT molecular complexity index is 615. The second kappa shape index (κ2) is 7.56. The molecule has 0 aliphatic rings. The lowest BCUT2D eigenvalue weighted by Crippen LogP contribution is -2.10. The summed E-state index contributed by atoms with van der Waals surface area (Å²) in [6.07, 6.45) is 2.15. The first-order valence-corrected chi connectivity index (χ1v) is 8.34. The largest absolute Gasteiger partial charge is 0.380 e. The number of alkyl halides is 1. The molecule has 0 saturated heterocycles. The monoisotopic (exact) mass is 376 g/mol. The van der Waals surface area contributed by atoms with E-state index in [2.05, 4.69) is 27.8 Å². The molecule has 0 spiro atoms. The molecule has 1 unspecified atom stereocenters. The number of nitrogens with zero attached hydrogens (tertiary/aromatic N) is 2. The maximum atomic E-state index is 13.8. The van der Waals surface area contributed by atoms with E-state index in [-0.39, 0.29) is 11.2 Å². The molecule has 6 heteroatoms. The predicted molar refractivity (Wildman–Crippen MR) is 87.4 cm³/mol. The second-order valence-electron chi connectivity index (χ2n) is 4.96. The van der Waals surface area contributed by atoms with Crippen LogP contribution in [0, 0.1) is 5.82 Å². The van der Waals surface area contributed by atoms with Crippen molar-refractivity contribution in [1.29, 1.82) is 0 Å². The molecular weight excluding hydrogens is 359 g/mol. The molecule has 1 atom stereocenters. The maximum Gasteiger partial charge on any atom is 0.139 e. The third kappa shape index (κ3) is 3.96. The van der Waals surface area contributed by atoms with Crippen LogP contribution < -0.4 is 0 Å². The highest BCUT2D eigenvalue weighted by Crippen LogP contribution is 2.28. The van der Waals surface area contributed by atoms with E-state index in [1.165, 1.54) is 6.07 Å². The van der Waals surface area contributed by atoms with Crippen molar-refractivity contribution < 1.29 is 9.13 Å². The smallest absolute Gasteiger partial charge is 0.139 e. The van der Waals surface area contributed by atoms with Crippen LogP contribution >= 0.6 is 27.5 Å². The van der Waals surface area contributed by atoms with Gasteiger partial charge in [0, 0.05) is 19.2 Å². The topological polar surface area (TPSA) is 27.1 Å². The molecule has 1 aromatic heterocycles. The molecule has 1 aromatic carbocycles. The van der Waals surface area contributed by atoms with Crippen molar-refractivity contribution in [3.05, 3.63) is 28.2 Å². The Labute approximate surface area is 137 Å². The quantitative estimate of drug-likeness (QED) is 0.498. The summed E-state index contributed by atoms with van der Waals surface area (Å²) in [5.74, 6) is 0.438. The third-order valence-electron chi connectivity index (χ3n) is 3.28. The van der Waals surface area contributed by atoms with Crippen LogP contribution in [0.3, 0.4) is 0 Å². The van der Waals surface area contributed by atoms with Gasteiger partial charge >= 0.3 is 0 Å². The minimum atomic E-state index is -0.302. The number of benzene rings is 1. The fourth-order valence-corrected chi connectivity index (χ4v) is 2.68. The fraction of sp³-hybridized carbons (Fsp3) is 0.533. The summed E-state index contributed by atoms with van der Waals surface area (Å²) in [5, 5.41) is -0.241. The van der Waals surface area contributed by atoms with Gasteiger partial charge < -0.3 is 9.30 Å². The van der Waals surface area contributed by atoms with Gasteiger partial charge in [0.25, 0.3) is 0 Å². The van der Waals surface area contributed by atoms with Gasteiger partial charge in [0.15, 0.2) is 0 Å². The average molecular weight is 378 g/mol. The number of rotatable bonds is 7. The summed E-state index contributed by atoms with van der Waals surface area (Å²) in [4.78, 5) is 4.51. The Morgan fingerprint density at radius 2 is 2.19 bits per heavy atom. The lowest BCUT2D eigenvalue weighted by atomic mass is 10.3. The van der Waals surface area contributed by atoms with Crippen LogP contribution in [0.4, 0.5) is 4.39 Å². The van der Waals surface area contributed by atoms with Gasteiger partial charge in [0.1, 0.15) is 11.6 Å².